The molecule has 1 N–H and O–H groups in total. The van der Waals surface area contributed by atoms with Gasteiger partial charge in [0.15, 0.2) is 0 Å². The first-order chi connectivity index (χ1) is 11.6. The largest absolute Gasteiger partial charge is 0.343 e. The second-order valence-electron chi connectivity index (χ2n) is 8.13. The van der Waals surface area contributed by atoms with Crippen LogP contribution in [0.1, 0.15) is 71.1 Å². The second kappa shape index (κ2) is 7.75. The van der Waals surface area contributed by atoms with Gasteiger partial charge in [-0.1, -0.05) is 19.3 Å². The minimum absolute atomic E-state index is 0.115. The zero-order valence-corrected chi connectivity index (χ0v) is 15.2. The maximum Gasteiger partial charge on any atom is 0.317 e. The highest BCUT2D eigenvalue weighted by Crippen LogP contribution is 2.44. The van der Waals surface area contributed by atoms with Gasteiger partial charge in [0.25, 0.3) is 0 Å². The molecule has 5 heteroatoms. The molecule has 5 nitrogen and oxygen atoms in total. The van der Waals surface area contributed by atoms with Crippen LogP contribution in [0.3, 0.4) is 0 Å². The lowest BCUT2D eigenvalue weighted by atomic mass is 9.69. The van der Waals surface area contributed by atoms with E-state index >= 15 is 0 Å². The van der Waals surface area contributed by atoms with Crippen molar-refractivity contribution in [2.45, 2.75) is 77.2 Å². The summed E-state index contributed by atoms with van der Waals surface area (Å²) in [5.41, 5.74) is 0.528. The molecular formula is C19H33N3O2. The maximum absolute atomic E-state index is 12.6. The quantitative estimate of drug-likeness (QED) is 0.800. The molecule has 136 valence electrons. The number of hydrogen-bond donors (Lipinski definition) is 1. The Labute approximate surface area is 146 Å². The molecule has 3 rings (SSSR count). The summed E-state index contributed by atoms with van der Waals surface area (Å²) in [6.45, 7) is 4.97. The van der Waals surface area contributed by atoms with Crippen molar-refractivity contribution in [3.8, 4) is 0 Å². The van der Waals surface area contributed by atoms with Crippen molar-refractivity contribution in [2.24, 2.45) is 5.41 Å². The molecule has 1 spiro atoms. The third-order valence-electron chi connectivity index (χ3n) is 6.52. The third-order valence-corrected chi connectivity index (χ3v) is 6.52. The summed E-state index contributed by atoms with van der Waals surface area (Å²) in [6, 6.07) is 0.337. The number of nitrogens with zero attached hydrogens (tertiary/aromatic N) is 2. The Bertz CT molecular complexity index is 452. The average molecular weight is 335 g/mol. The first-order valence-corrected chi connectivity index (χ1v) is 9.89. The Morgan fingerprint density at radius 1 is 0.833 bits per heavy atom. The molecule has 24 heavy (non-hydrogen) atoms. The Morgan fingerprint density at radius 3 is 2.17 bits per heavy atom. The molecule has 1 saturated carbocycles. The average Bonchev–Trinajstić information content (AvgIpc) is 2.79. The summed E-state index contributed by atoms with van der Waals surface area (Å²) in [7, 11) is 0. The van der Waals surface area contributed by atoms with Gasteiger partial charge in [-0.2, -0.15) is 0 Å². The summed E-state index contributed by atoms with van der Waals surface area (Å²) in [6.07, 6.45) is 12.3. The molecule has 1 aliphatic carbocycles. The fourth-order valence-electron chi connectivity index (χ4n) is 4.86. The first-order valence-electron chi connectivity index (χ1n) is 9.89. The van der Waals surface area contributed by atoms with Crippen molar-refractivity contribution >= 4 is 11.9 Å². The van der Waals surface area contributed by atoms with E-state index < -0.39 is 0 Å². The Balaban J connectivity index is 1.46. The number of urea groups is 1. The van der Waals surface area contributed by atoms with Gasteiger partial charge in [-0.25, -0.2) is 4.79 Å². The Hall–Kier alpha value is -1.26. The number of hydrogen-bond acceptors (Lipinski definition) is 2. The molecule has 0 aromatic carbocycles. The third kappa shape index (κ3) is 4.22. The summed E-state index contributed by atoms with van der Waals surface area (Å²) in [4.78, 5) is 27.9. The normalized spacial score (nSPS) is 25.4. The summed E-state index contributed by atoms with van der Waals surface area (Å²) < 4.78 is 0. The molecule has 3 fully saturated rings. The van der Waals surface area contributed by atoms with Crippen LogP contribution in [-0.2, 0) is 4.79 Å². The first kappa shape index (κ1) is 17.6. The number of rotatable bonds is 1. The summed E-state index contributed by atoms with van der Waals surface area (Å²) >= 11 is 0. The monoisotopic (exact) mass is 335 g/mol. The summed E-state index contributed by atoms with van der Waals surface area (Å²) in [5.74, 6) is 0.144. The number of amides is 3. The lowest BCUT2D eigenvalue weighted by molar-refractivity contribution is -0.129. The molecule has 0 bridgehead atoms. The van der Waals surface area contributed by atoms with E-state index in [1.165, 1.54) is 44.9 Å². The Morgan fingerprint density at radius 2 is 1.50 bits per heavy atom. The number of carbonyl (C=O) groups excluding carboxylic acids is 2. The predicted octanol–water partition coefficient (Wildman–Crippen LogP) is 3.14. The molecule has 0 radical (unpaired) electrons. The van der Waals surface area contributed by atoms with E-state index in [0.717, 1.165) is 45.4 Å². The molecule has 2 saturated heterocycles. The fourth-order valence-corrected chi connectivity index (χ4v) is 4.86. The highest BCUT2D eigenvalue weighted by molar-refractivity contribution is 5.75. The van der Waals surface area contributed by atoms with E-state index in [0.29, 0.717) is 5.41 Å². The second-order valence-corrected chi connectivity index (χ2v) is 8.13. The van der Waals surface area contributed by atoms with E-state index in [4.69, 9.17) is 0 Å². The van der Waals surface area contributed by atoms with Crippen LogP contribution >= 0.6 is 0 Å². The van der Waals surface area contributed by atoms with Gasteiger partial charge in [0.1, 0.15) is 0 Å². The van der Waals surface area contributed by atoms with E-state index in [-0.39, 0.29) is 18.0 Å². The molecule has 2 aliphatic heterocycles. The molecule has 0 aromatic heterocycles. The van der Waals surface area contributed by atoms with Crippen LogP contribution in [-0.4, -0.2) is 54.0 Å². The smallest absolute Gasteiger partial charge is 0.317 e. The van der Waals surface area contributed by atoms with Crippen LogP contribution in [0.4, 0.5) is 4.79 Å². The van der Waals surface area contributed by atoms with Gasteiger partial charge >= 0.3 is 6.03 Å². The number of nitrogens with one attached hydrogen (secondary N) is 1. The van der Waals surface area contributed by atoms with Crippen molar-refractivity contribution in [3.63, 3.8) is 0 Å². The highest BCUT2D eigenvalue weighted by atomic mass is 16.2. The zero-order chi connectivity index (χ0) is 17.0. The van der Waals surface area contributed by atoms with Gasteiger partial charge in [-0.3, -0.25) is 4.79 Å². The number of likely N-dealkylation sites (tertiary alicyclic amines) is 2. The van der Waals surface area contributed by atoms with Crippen LogP contribution in [0.15, 0.2) is 0 Å². The maximum atomic E-state index is 12.6. The molecule has 3 aliphatic rings. The van der Waals surface area contributed by atoms with Crippen molar-refractivity contribution < 1.29 is 9.59 Å². The van der Waals surface area contributed by atoms with E-state index in [1.807, 2.05) is 9.80 Å². The molecule has 0 unspecified atom stereocenters. The molecular weight excluding hydrogens is 302 g/mol. The van der Waals surface area contributed by atoms with Gasteiger partial charge in [0, 0.05) is 39.1 Å². The van der Waals surface area contributed by atoms with Gasteiger partial charge in [0.05, 0.1) is 0 Å². The highest BCUT2D eigenvalue weighted by Gasteiger charge is 2.35. The van der Waals surface area contributed by atoms with Crippen molar-refractivity contribution in [1.29, 1.82) is 0 Å². The Kier molecular flexibility index (Phi) is 5.67. The van der Waals surface area contributed by atoms with E-state index in [1.54, 1.807) is 6.92 Å². The van der Waals surface area contributed by atoms with Gasteiger partial charge < -0.3 is 15.1 Å². The number of carbonyl (C=O) groups is 2. The molecule has 0 atom stereocenters. The molecule has 0 aromatic rings. The minimum Gasteiger partial charge on any atom is -0.343 e. The lowest BCUT2D eigenvalue weighted by Crippen LogP contribution is -2.50. The predicted molar refractivity (Wildman–Crippen MR) is 94.7 cm³/mol. The van der Waals surface area contributed by atoms with Crippen LogP contribution in [0.25, 0.3) is 0 Å². The van der Waals surface area contributed by atoms with Crippen molar-refractivity contribution in [1.82, 2.24) is 15.1 Å². The SMILES string of the molecule is CC(=O)N1CCC(NC(=O)N2CCCC3(CCCCC3)CC2)CC1. The van der Waals surface area contributed by atoms with Gasteiger partial charge in [-0.05, 0) is 50.4 Å². The molecule has 3 amide bonds. The van der Waals surface area contributed by atoms with Crippen molar-refractivity contribution in [2.75, 3.05) is 26.2 Å². The van der Waals surface area contributed by atoms with E-state index in [2.05, 4.69) is 5.32 Å². The lowest BCUT2D eigenvalue weighted by Gasteiger charge is -2.36. The number of piperidine rings is 1. The van der Waals surface area contributed by atoms with Crippen molar-refractivity contribution in [3.05, 3.63) is 0 Å². The summed E-state index contributed by atoms with van der Waals surface area (Å²) in [5, 5.41) is 3.22. The van der Waals surface area contributed by atoms with Crippen LogP contribution in [0.2, 0.25) is 0 Å². The van der Waals surface area contributed by atoms with Crippen LogP contribution in [0, 0.1) is 5.41 Å². The standard InChI is InChI=1S/C19H33N3O2/c1-16(23)21-13-6-17(7-14-21)20-18(24)22-12-5-10-19(11-15-22)8-3-2-4-9-19/h17H,2-15H2,1H3,(H,20,24). The minimum atomic E-state index is 0.115. The van der Waals surface area contributed by atoms with Crippen LogP contribution in [0.5, 0.6) is 0 Å². The van der Waals surface area contributed by atoms with Gasteiger partial charge in [-0.15, -0.1) is 0 Å². The fraction of sp³-hybridized carbons (Fsp3) is 0.895. The topological polar surface area (TPSA) is 52.7 Å². The van der Waals surface area contributed by atoms with E-state index in [9.17, 15) is 9.59 Å². The molecule has 2 heterocycles. The zero-order valence-electron chi connectivity index (χ0n) is 15.2. The van der Waals surface area contributed by atoms with Crippen LogP contribution < -0.4 is 5.32 Å². The van der Waals surface area contributed by atoms with Gasteiger partial charge in [0.2, 0.25) is 5.91 Å².